The summed E-state index contributed by atoms with van der Waals surface area (Å²) >= 11 is 0. The number of carbonyl (C=O) groups is 1. The lowest BCUT2D eigenvalue weighted by Gasteiger charge is -2.18. The number of nitrogens with zero attached hydrogens (tertiary/aromatic N) is 4. The second kappa shape index (κ2) is 5.34. The summed E-state index contributed by atoms with van der Waals surface area (Å²) in [7, 11) is 0. The van der Waals surface area contributed by atoms with Crippen LogP contribution in [0.3, 0.4) is 0 Å². The molecule has 0 saturated heterocycles. The molecule has 2 N–H and O–H groups in total. The van der Waals surface area contributed by atoms with E-state index in [0.29, 0.717) is 24.3 Å². The van der Waals surface area contributed by atoms with Crippen molar-refractivity contribution in [2.75, 3.05) is 18.8 Å². The van der Waals surface area contributed by atoms with Gasteiger partial charge in [-0.2, -0.15) is 10.4 Å². The topological polar surface area (TPSA) is 87.9 Å². The van der Waals surface area contributed by atoms with E-state index in [4.69, 9.17) is 11.0 Å². The second-order valence-electron chi connectivity index (χ2n) is 3.68. The van der Waals surface area contributed by atoms with E-state index in [1.165, 1.54) is 4.68 Å². The van der Waals surface area contributed by atoms with Crippen molar-refractivity contribution in [2.24, 2.45) is 0 Å². The molecule has 0 atom stereocenters. The number of aryl methyl sites for hydroxylation is 1. The third-order valence-electron chi connectivity index (χ3n) is 2.68. The van der Waals surface area contributed by atoms with Gasteiger partial charge in [-0.15, -0.1) is 0 Å². The lowest BCUT2D eigenvalue weighted by molar-refractivity contribution is -0.131. The van der Waals surface area contributed by atoms with E-state index < -0.39 is 0 Å². The SMILES string of the molecule is CCN(CC)C(=O)Cn1nc(C)c(C#N)c1N. The minimum Gasteiger partial charge on any atom is -0.383 e. The molecule has 6 nitrogen and oxygen atoms in total. The van der Waals surface area contributed by atoms with E-state index in [1.807, 2.05) is 19.9 Å². The van der Waals surface area contributed by atoms with Crippen molar-refractivity contribution in [2.45, 2.75) is 27.3 Å². The maximum atomic E-state index is 11.9. The highest BCUT2D eigenvalue weighted by atomic mass is 16.2. The van der Waals surface area contributed by atoms with Gasteiger partial charge in [0.25, 0.3) is 0 Å². The molecule has 0 saturated carbocycles. The quantitative estimate of drug-likeness (QED) is 0.823. The number of carbonyl (C=O) groups excluding carboxylic acids is 1. The second-order valence-corrected chi connectivity index (χ2v) is 3.68. The largest absolute Gasteiger partial charge is 0.383 e. The van der Waals surface area contributed by atoms with Crippen LogP contribution in [0.1, 0.15) is 25.1 Å². The van der Waals surface area contributed by atoms with E-state index in [-0.39, 0.29) is 18.3 Å². The molecule has 1 heterocycles. The highest BCUT2D eigenvalue weighted by Crippen LogP contribution is 2.14. The monoisotopic (exact) mass is 235 g/mol. The minimum absolute atomic E-state index is 0.0475. The van der Waals surface area contributed by atoms with E-state index in [0.717, 1.165) is 0 Å². The van der Waals surface area contributed by atoms with E-state index in [9.17, 15) is 4.79 Å². The first-order chi connectivity index (χ1) is 8.04. The molecule has 0 fully saturated rings. The lowest BCUT2D eigenvalue weighted by atomic mass is 10.3. The summed E-state index contributed by atoms with van der Waals surface area (Å²) < 4.78 is 1.38. The number of nitriles is 1. The number of aromatic nitrogens is 2. The summed E-state index contributed by atoms with van der Waals surface area (Å²) in [5, 5.41) is 13.0. The highest BCUT2D eigenvalue weighted by Gasteiger charge is 2.16. The molecule has 0 radical (unpaired) electrons. The fourth-order valence-electron chi connectivity index (χ4n) is 1.66. The molecule has 0 aliphatic carbocycles. The molecule has 1 aromatic rings. The van der Waals surface area contributed by atoms with Gasteiger partial charge >= 0.3 is 0 Å². The van der Waals surface area contributed by atoms with Crippen LogP contribution >= 0.6 is 0 Å². The zero-order valence-corrected chi connectivity index (χ0v) is 10.4. The number of nitrogen functional groups attached to an aromatic ring is 1. The summed E-state index contributed by atoms with van der Waals surface area (Å²) in [5.41, 5.74) is 6.65. The Morgan fingerprint density at radius 3 is 2.53 bits per heavy atom. The van der Waals surface area contributed by atoms with Crippen LogP contribution in [0.15, 0.2) is 0 Å². The normalized spacial score (nSPS) is 10.0. The molecule has 17 heavy (non-hydrogen) atoms. The zero-order chi connectivity index (χ0) is 13.0. The molecule has 0 aromatic carbocycles. The number of amides is 1. The van der Waals surface area contributed by atoms with Crippen LogP contribution < -0.4 is 5.73 Å². The highest BCUT2D eigenvalue weighted by molar-refractivity contribution is 5.76. The number of hydrogen-bond donors (Lipinski definition) is 1. The summed E-state index contributed by atoms with van der Waals surface area (Å²) in [5.74, 6) is 0.208. The number of anilines is 1. The Bertz CT molecular complexity index is 453. The summed E-state index contributed by atoms with van der Waals surface area (Å²) in [4.78, 5) is 13.6. The first kappa shape index (κ1) is 13.0. The maximum absolute atomic E-state index is 11.9. The van der Waals surface area contributed by atoms with Gasteiger partial charge in [0.1, 0.15) is 24.0 Å². The van der Waals surface area contributed by atoms with Crippen LogP contribution in [0.2, 0.25) is 0 Å². The molecule has 0 aliphatic heterocycles. The van der Waals surface area contributed by atoms with Crippen molar-refractivity contribution in [3.63, 3.8) is 0 Å². The Morgan fingerprint density at radius 2 is 2.12 bits per heavy atom. The number of hydrogen-bond acceptors (Lipinski definition) is 4. The molecule has 92 valence electrons. The van der Waals surface area contributed by atoms with Crippen molar-refractivity contribution in [1.82, 2.24) is 14.7 Å². The van der Waals surface area contributed by atoms with Crippen molar-refractivity contribution in [3.05, 3.63) is 11.3 Å². The van der Waals surface area contributed by atoms with Gasteiger partial charge in [0.2, 0.25) is 5.91 Å². The molecule has 6 heteroatoms. The van der Waals surface area contributed by atoms with Crippen LogP contribution in [0, 0.1) is 18.3 Å². The molecule has 1 amide bonds. The van der Waals surface area contributed by atoms with Gasteiger partial charge in [-0.3, -0.25) is 4.79 Å². The van der Waals surface area contributed by atoms with Gasteiger partial charge in [0.15, 0.2) is 0 Å². The fourth-order valence-corrected chi connectivity index (χ4v) is 1.66. The molecular formula is C11H17N5O. The Labute approximate surface area is 101 Å². The zero-order valence-electron chi connectivity index (χ0n) is 10.4. The first-order valence-electron chi connectivity index (χ1n) is 5.55. The molecular weight excluding hydrogens is 218 g/mol. The molecule has 1 aromatic heterocycles. The van der Waals surface area contributed by atoms with Crippen molar-refractivity contribution in [3.8, 4) is 6.07 Å². The Morgan fingerprint density at radius 1 is 1.53 bits per heavy atom. The van der Waals surface area contributed by atoms with Gasteiger partial charge in [-0.25, -0.2) is 4.68 Å². The Balaban J connectivity index is 2.90. The smallest absolute Gasteiger partial charge is 0.244 e. The van der Waals surface area contributed by atoms with Crippen LogP contribution in [-0.4, -0.2) is 33.7 Å². The van der Waals surface area contributed by atoms with Gasteiger partial charge in [-0.1, -0.05) is 0 Å². The molecule has 0 bridgehead atoms. The minimum atomic E-state index is -0.0475. The first-order valence-corrected chi connectivity index (χ1v) is 5.55. The Hall–Kier alpha value is -2.03. The number of rotatable bonds is 4. The lowest BCUT2D eigenvalue weighted by Crippen LogP contribution is -2.34. The third kappa shape index (κ3) is 2.56. The van der Waals surface area contributed by atoms with Crippen molar-refractivity contribution in [1.29, 1.82) is 5.26 Å². The Kier molecular flexibility index (Phi) is 4.10. The summed E-state index contributed by atoms with van der Waals surface area (Å²) in [6.45, 7) is 6.92. The third-order valence-corrected chi connectivity index (χ3v) is 2.68. The molecule has 0 spiro atoms. The standard InChI is InChI=1S/C11H17N5O/c1-4-15(5-2)10(17)7-16-11(13)9(6-12)8(3)14-16/h4-5,7,13H2,1-3H3. The molecule has 0 aliphatic rings. The van der Waals surface area contributed by atoms with Crippen molar-refractivity contribution >= 4 is 11.7 Å². The number of nitrogens with two attached hydrogens (primary N) is 1. The molecule has 0 unspecified atom stereocenters. The van der Waals surface area contributed by atoms with Gasteiger partial charge in [-0.05, 0) is 20.8 Å². The predicted octanol–water partition coefficient (Wildman–Crippen LogP) is 0.514. The van der Waals surface area contributed by atoms with Gasteiger partial charge < -0.3 is 10.6 Å². The van der Waals surface area contributed by atoms with Crippen LogP contribution in [0.25, 0.3) is 0 Å². The van der Waals surface area contributed by atoms with Crippen LogP contribution in [0.5, 0.6) is 0 Å². The van der Waals surface area contributed by atoms with Crippen LogP contribution in [0.4, 0.5) is 5.82 Å². The van der Waals surface area contributed by atoms with E-state index in [2.05, 4.69) is 5.10 Å². The van der Waals surface area contributed by atoms with Crippen LogP contribution in [-0.2, 0) is 11.3 Å². The van der Waals surface area contributed by atoms with E-state index in [1.54, 1.807) is 11.8 Å². The maximum Gasteiger partial charge on any atom is 0.244 e. The predicted molar refractivity (Wildman–Crippen MR) is 64.0 cm³/mol. The molecule has 1 rings (SSSR count). The average Bonchev–Trinajstić information content (AvgIpc) is 2.55. The average molecular weight is 235 g/mol. The van der Waals surface area contributed by atoms with Crippen molar-refractivity contribution < 1.29 is 4.79 Å². The van der Waals surface area contributed by atoms with Gasteiger partial charge in [0.05, 0.1) is 5.69 Å². The van der Waals surface area contributed by atoms with Gasteiger partial charge in [0, 0.05) is 13.1 Å². The summed E-state index contributed by atoms with van der Waals surface area (Å²) in [6, 6.07) is 1.98. The number of likely N-dealkylation sites (N-methyl/N-ethyl adjacent to an activating group) is 1. The van der Waals surface area contributed by atoms with E-state index >= 15 is 0 Å². The fraction of sp³-hybridized carbons (Fsp3) is 0.545. The summed E-state index contributed by atoms with van der Waals surface area (Å²) in [6.07, 6.45) is 0.